The molecule has 0 saturated heterocycles. The zero-order valence-electron chi connectivity index (χ0n) is 37.8. The van der Waals surface area contributed by atoms with E-state index in [2.05, 4.69) is 0 Å². The molecule has 0 amide bonds. The number of aryl methyl sites for hydroxylation is 2. The van der Waals surface area contributed by atoms with Gasteiger partial charge in [0.25, 0.3) is 0 Å². The number of hydrogen-bond acceptors (Lipinski definition) is 22. The normalized spacial score (nSPS) is 11.9. The Bertz CT molecular complexity index is 4010. The highest BCUT2D eigenvalue weighted by molar-refractivity contribution is 6.32. The number of aromatic hydroxyl groups is 22. The van der Waals surface area contributed by atoms with Crippen LogP contribution in [0.15, 0.2) is 0 Å². The summed E-state index contributed by atoms with van der Waals surface area (Å²) >= 11 is 0. The van der Waals surface area contributed by atoms with Gasteiger partial charge >= 0.3 is 0 Å². The van der Waals surface area contributed by atoms with E-state index >= 15 is 0 Å². The molecule has 0 unspecified atom stereocenters. The monoisotopic (exact) mass is 992 g/mol. The second kappa shape index (κ2) is 14.7. The van der Waals surface area contributed by atoms with Gasteiger partial charge in [0.15, 0.2) is 80.5 Å². The minimum absolute atomic E-state index is 0.0480. The Hall–Kier alpha value is -10.1. The van der Waals surface area contributed by atoms with Crippen molar-refractivity contribution in [3.63, 3.8) is 0 Å². The molecule has 22 heteroatoms. The van der Waals surface area contributed by atoms with E-state index in [0.717, 1.165) is 0 Å². The van der Waals surface area contributed by atoms with Crippen LogP contribution < -0.4 is 0 Å². The third kappa shape index (κ3) is 5.30. The molecule has 0 fully saturated rings. The minimum Gasteiger partial charge on any atom is -0.507 e. The van der Waals surface area contributed by atoms with Gasteiger partial charge in [0, 0.05) is 65.2 Å². The Balaban J connectivity index is 1.57. The second-order valence-corrected chi connectivity index (χ2v) is 17.4. The van der Waals surface area contributed by atoms with Crippen LogP contribution in [0.3, 0.4) is 0 Å². The van der Waals surface area contributed by atoms with Gasteiger partial charge in [-0.2, -0.15) is 0 Å². The van der Waals surface area contributed by atoms with Gasteiger partial charge in [-0.05, 0) is 74.9 Å². The van der Waals surface area contributed by atoms with E-state index in [1.165, 1.54) is 41.5 Å². The Labute approximate surface area is 400 Å². The van der Waals surface area contributed by atoms with Crippen molar-refractivity contribution in [1.82, 2.24) is 0 Å². The van der Waals surface area contributed by atoms with Crippen molar-refractivity contribution < 1.29 is 112 Å². The van der Waals surface area contributed by atoms with Gasteiger partial charge in [-0.15, -0.1) is 0 Å². The molecule has 9 rings (SSSR count). The van der Waals surface area contributed by atoms with Gasteiger partial charge in [-0.1, -0.05) is 0 Å². The van der Waals surface area contributed by atoms with Crippen molar-refractivity contribution in [3.8, 4) is 160 Å². The lowest BCUT2D eigenvalue weighted by Crippen LogP contribution is -1.99. The molecule has 0 aliphatic carbocycles. The lowest BCUT2D eigenvalue weighted by Gasteiger charge is -2.26. The third-order valence-corrected chi connectivity index (χ3v) is 14.1. The van der Waals surface area contributed by atoms with Crippen LogP contribution in [0.4, 0.5) is 0 Å². The summed E-state index contributed by atoms with van der Waals surface area (Å²) in [6.07, 6.45) is 0. The van der Waals surface area contributed by atoms with Gasteiger partial charge < -0.3 is 112 Å². The number of hydrogen-bond donors (Lipinski definition) is 22. The molecule has 0 aliphatic rings. The highest BCUT2D eigenvalue weighted by Crippen LogP contribution is 2.69. The molecule has 0 heterocycles. The summed E-state index contributed by atoms with van der Waals surface area (Å²) in [6.45, 7) is 7.59. The number of rotatable bonds is 3. The minimum atomic E-state index is -1.64. The first-order valence-corrected chi connectivity index (χ1v) is 20.9. The zero-order chi connectivity index (χ0) is 53.4. The topological polar surface area (TPSA) is 445 Å². The Morgan fingerprint density at radius 2 is 0.333 bits per heavy atom. The summed E-state index contributed by atoms with van der Waals surface area (Å²) in [4.78, 5) is 0. The highest BCUT2D eigenvalue weighted by Gasteiger charge is 2.40. The van der Waals surface area contributed by atoms with E-state index < -0.39 is 214 Å². The van der Waals surface area contributed by atoms with Crippen molar-refractivity contribution in [2.75, 3.05) is 0 Å². The molecular formula is C50H40O22. The maximum absolute atomic E-state index is 12.3. The van der Waals surface area contributed by atoms with E-state index in [1.54, 1.807) is 0 Å². The van der Waals surface area contributed by atoms with Gasteiger partial charge in [0.1, 0.15) is 23.0 Å². The predicted molar refractivity (Wildman–Crippen MR) is 255 cm³/mol. The van der Waals surface area contributed by atoms with Gasteiger partial charge in [0.05, 0.1) is 22.1 Å². The molecule has 0 bridgehead atoms. The maximum atomic E-state index is 12.3. The van der Waals surface area contributed by atoms with E-state index in [-0.39, 0.29) is 33.4 Å². The Kier molecular flexibility index (Phi) is 9.59. The van der Waals surface area contributed by atoms with Crippen LogP contribution in [-0.4, -0.2) is 112 Å². The first kappa shape index (κ1) is 47.0. The van der Waals surface area contributed by atoms with E-state index in [1.807, 2.05) is 0 Å². The predicted octanol–water partition coefficient (Wildman–Crippen LogP) is 7.83. The number of benzene rings is 9. The van der Waals surface area contributed by atoms with Crippen LogP contribution in [0.1, 0.15) is 33.4 Å². The summed E-state index contributed by atoms with van der Waals surface area (Å²) in [5.74, 6) is -28.9. The first-order valence-electron chi connectivity index (χ1n) is 20.9. The van der Waals surface area contributed by atoms with Gasteiger partial charge in [-0.25, -0.2) is 0 Å². The van der Waals surface area contributed by atoms with Crippen molar-refractivity contribution in [1.29, 1.82) is 0 Å². The van der Waals surface area contributed by atoms with Crippen LogP contribution in [-0.2, 0) is 0 Å². The van der Waals surface area contributed by atoms with E-state index in [9.17, 15) is 112 Å². The summed E-state index contributed by atoms with van der Waals surface area (Å²) in [6, 6.07) is 0. The lowest BCUT2D eigenvalue weighted by atomic mass is 9.80. The number of phenolic OH excluding ortho intramolecular Hbond substituents is 22. The van der Waals surface area contributed by atoms with Crippen LogP contribution in [0.25, 0.3) is 87.2 Å². The molecule has 0 aromatic heterocycles. The molecule has 72 heavy (non-hydrogen) atoms. The molecule has 22 nitrogen and oxygen atoms in total. The first-order chi connectivity index (χ1) is 33.5. The SMILES string of the molecule is Cc1c(O)c(O)c2c(O)c(O)c(-c3c4c(O)c(C)c(C)c(O)c4c(-c4c(O)c(O)c(-c5c(O)c6c(C)c(C)c(O)c(O)c6c6c(O)c(O)c(O)c(O)c56)c(O)c4O)c4c(O)c(O)c(O)c(O)c34)c(O)c2c1C. The molecular weight excluding hydrogens is 953 g/mol. The van der Waals surface area contributed by atoms with Crippen molar-refractivity contribution in [2.24, 2.45) is 0 Å². The van der Waals surface area contributed by atoms with E-state index in [4.69, 9.17) is 0 Å². The van der Waals surface area contributed by atoms with Crippen molar-refractivity contribution >= 4 is 53.9 Å². The molecule has 0 radical (unpaired) electrons. The third-order valence-electron chi connectivity index (χ3n) is 14.1. The standard InChI is InChI=1S/C50H40O22/c1-7-9(3)31(53)35(57)17-13(7)33(55)24(23-22(17)38(60)49(71)50(72)39(23)61)28-45(67)43(65)27(44(66)46(28)68)16-19-18(29(51)11(5)12(6)30(19)52)15(20-21(16)37(59)48(70)47(69)36(20)58)26-34(56)14-8(2)10(4)32(54)40(62)25(14)41(63)42(26)64/h51-72H,1-6H3. The average molecular weight is 993 g/mol. The van der Waals surface area contributed by atoms with Crippen molar-refractivity contribution in [2.45, 2.75) is 41.5 Å². The molecule has 0 aliphatic heterocycles. The number of phenols is 22. The maximum Gasteiger partial charge on any atom is 0.204 e. The largest absolute Gasteiger partial charge is 0.507 e. The quantitative estimate of drug-likeness (QED) is 0.0347. The lowest BCUT2D eigenvalue weighted by molar-refractivity contribution is 0.350. The Morgan fingerprint density at radius 3 is 0.722 bits per heavy atom. The summed E-state index contributed by atoms with van der Waals surface area (Å²) in [5, 5.41) is 246. The van der Waals surface area contributed by atoms with E-state index in [0.29, 0.717) is 0 Å². The molecule has 9 aromatic rings. The molecule has 9 aromatic carbocycles. The van der Waals surface area contributed by atoms with Crippen LogP contribution in [0, 0.1) is 41.5 Å². The molecule has 0 spiro atoms. The molecule has 0 atom stereocenters. The fraction of sp³-hybridized carbons (Fsp3) is 0.120. The number of fused-ring (bicyclic) bond motifs is 6. The van der Waals surface area contributed by atoms with Gasteiger partial charge in [0.2, 0.25) is 23.0 Å². The summed E-state index contributed by atoms with van der Waals surface area (Å²) < 4.78 is 0. The van der Waals surface area contributed by atoms with Gasteiger partial charge in [-0.3, -0.25) is 0 Å². The average Bonchev–Trinajstić information content (AvgIpc) is 3.34. The molecule has 372 valence electrons. The highest BCUT2D eigenvalue weighted by atomic mass is 16.4. The summed E-state index contributed by atoms with van der Waals surface area (Å²) in [7, 11) is 0. The fourth-order valence-electron chi connectivity index (χ4n) is 9.94. The summed E-state index contributed by atoms with van der Waals surface area (Å²) in [5.41, 5.74) is -7.45. The molecule has 0 saturated carbocycles. The zero-order valence-corrected chi connectivity index (χ0v) is 37.8. The van der Waals surface area contributed by atoms with Crippen LogP contribution >= 0.6 is 0 Å². The Morgan fingerprint density at radius 1 is 0.125 bits per heavy atom. The van der Waals surface area contributed by atoms with Crippen LogP contribution in [0.2, 0.25) is 0 Å². The smallest absolute Gasteiger partial charge is 0.204 e. The fourth-order valence-corrected chi connectivity index (χ4v) is 9.94. The van der Waals surface area contributed by atoms with Crippen LogP contribution in [0.5, 0.6) is 126 Å². The second-order valence-electron chi connectivity index (χ2n) is 17.4. The van der Waals surface area contributed by atoms with Crippen molar-refractivity contribution in [3.05, 3.63) is 33.4 Å². The molecule has 22 N–H and O–H groups in total.